The highest BCUT2D eigenvalue weighted by Crippen LogP contribution is 2.15. The first-order chi connectivity index (χ1) is 10.5. The molecule has 1 unspecified atom stereocenters. The van der Waals surface area contributed by atoms with E-state index >= 15 is 0 Å². The number of carboxylic acid groups (broad SMARTS) is 1. The molecule has 0 amide bonds. The van der Waals surface area contributed by atoms with Gasteiger partial charge < -0.3 is 5.11 Å². The van der Waals surface area contributed by atoms with Crippen LogP contribution in [-0.4, -0.2) is 29.1 Å². The molecule has 0 heterocycles. The van der Waals surface area contributed by atoms with Crippen molar-refractivity contribution in [2.75, 3.05) is 7.05 Å². The molecule has 0 bridgehead atoms. The van der Waals surface area contributed by atoms with Crippen LogP contribution in [0, 0.1) is 0 Å². The molecule has 3 nitrogen and oxygen atoms in total. The van der Waals surface area contributed by atoms with Gasteiger partial charge in [0, 0.05) is 17.6 Å². The Bertz CT molecular complexity index is 640. The number of likely N-dealkylation sites (N-methyl/N-ethyl adjacent to an activating group) is 1. The smallest absolute Gasteiger partial charge is 0.335 e. The summed E-state index contributed by atoms with van der Waals surface area (Å²) in [6.07, 6.45) is 0.923. The summed E-state index contributed by atoms with van der Waals surface area (Å²) in [5.74, 6) is -0.890. The lowest BCUT2D eigenvalue weighted by Gasteiger charge is -2.25. The van der Waals surface area contributed by atoms with Gasteiger partial charge in [0.05, 0.1) is 5.56 Å². The Labute approximate surface area is 136 Å². The molecule has 0 saturated carbocycles. The largest absolute Gasteiger partial charge is 0.478 e. The highest BCUT2D eigenvalue weighted by Gasteiger charge is 2.12. The number of nitrogens with zero attached hydrogens (tertiary/aromatic N) is 1. The van der Waals surface area contributed by atoms with Gasteiger partial charge >= 0.3 is 5.97 Å². The molecule has 0 fully saturated rings. The number of hydrogen-bond donors (Lipinski definition) is 1. The average molecular weight is 318 g/mol. The molecule has 0 spiro atoms. The van der Waals surface area contributed by atoms with Crippen LogP contribution in [-0.2, 0) is 13.0 Å². The Morgan fingerprint density at radius 1 is 1.18 bits per heavy atom. The first-order valence-corrected chi connectivity index (χ1v) is 7.60. The first-order valence-electron chi connectivity index (χ1n) is 7.22. The summed E-state index contributed by atoms with van der Waals surface area (Å²) in [5.41, 5.74) is 2.57. The highest BCUT2D eigenvalue weighted by molar-refractivity contribution is 6.30. The third-order valence-corrected chi connectivity index (χ3v) is 4.05. The molecule has 1 N–H and O–H groups in total. The van der Waals surface area contributed by atoms with E-state index in [-0.39, 0.29) is 0 Å². The topological polar surface area (TPSA) is 40.5 Å². The number of aromatic carboxylic acids is 1. The molecule has 2 aromatic rings. The standard InChI is InChI=1S/C18H20ClNO2/c1-13(10-14-6-8-17(19)9-7-14)20(2)12-15-4-3-5-16(11-15)18(21)22/h3-9,11,13H,10,12H2,1-2H3,(H,21,22). The molecule has 2 rings (SSSR count). The van der Waals surface area contributed by atoms with Gasteiger partial charge in [-0.1, -0.05) is 35.9 Å². The Morgan fingerprint density at radius 3 is 2.50 bits per heavy atom. The first kappa shape index (κ1) is 16.5. The van der Waals surface area contributed by atoms with Gasteiger partial charge in [0.1, 0.15) is 0 Å². The maximum atomic E-state index is 11.0. The van der Waals surface area contributed by atoms with E-state index in [1.54, 1.807) is 18.2 Å². The molecule has 22 heavy (non-hydrogen) atoms. The molecule has 0 aliphatic heterocycles. The van der Waals surface area contributed by atoms with Crippen molar-refractivity contribution < 1.29 is 9.90 Å². The second-order valence-electron chi connectivity index (χ2n) is 5.60. The zero-order valence-electron chi connectivity index (χ0n) is 12.8. The summed E-state index contributed by atoms with van der Waals surface area (Å²) in [5, 5.41) is 9.79. The number of hydrogen-bond acceptors (Lipinski definition) is 2. The predicted octanol–water partition coefficient (Wildman–Crippen LogP) is 4.10. The van der Waals surface area contributed by atoms with Crippen LogP contribution >= 0.6 is 11.6 Å². The summed E-state index contributed by atoms with van der Waals surface area (Å²) in [7, 11) is 2.05. The second kappa shape index (κ2) is 7.43. The maximum Gasteiger partial charge on any atom is 0.335 e. The van der Waals surface area contributed by atoms with Crippen molar-refractivity contribution in [2.45, 2.75) is 25.9 Å². The third kappa shape index (κ3) is 4.58. The lowest BCUT2D eigenvalue weighted by molar-refractivity contribution is 0.0696. The summed E-state index contributed by atoms with van der Waals surface area (Å²) in [4.78, 5) is 13.2. The highest BCUT2D eigenvalue weighted by atomic mass is 35.5. The van der Waals surface area contributed by atoms with Gasteiger partial charge in [-0.05, 0) is 55.8 Å². The van der Waals surface area contributed by atoms with E-state index in [9.17, 15) is 4.79 Å². The van der Waals surface area contributed by atoms with E-state index in [0.29, 0.717) is 11.6 Å². The van der Waals surface area contributed by atoms with Crippen molar-refractivity contribution in [3.8, 4) is 0 Å². The fourth-order valence-corrected chi connectivity index (χ4v) is 2.49. The molecule has 116 valence electrons. The van der Waals surface area contributed by atoms with Crippen LogP contribution in [0.3, 0.4) is 0 Å². The van der Waals surface area contributed by atoms with Gasteiger partial charge in [-0.3, -0.25) is 4.90 Å². The number of benzene rings is 2. The maximum absolute atomic E-state index is 11.0. The second-order valence-corrected chi connectivity index (χ2v) is 6.04. The van der Waals surface area contributed by atoms with E-state index in [1.807, 2.05) is 37.4 Å². The van der Waals surface area contributed by atoms with Crippen LogP contribution < -0.4 is 0 Å². The van der Waals surface area contributed by atoms with Crippen molar-refractivity contribution in [1.82, 2.24) is 4.90 Å². The van der Waals surface area contributed by atoms with Crippen LogP contribution in [0.1, 0.15) is 28.4 Å². The molecule has 0 aromatic heterocycles. The zero-order valence-corrected chi connectivity index (χ0v) is 13.5. The molecule has 2 aromatic carbocycles. The zero-order chi connectivity index (χ0) is 16.1. The Hall–Kier alpha value is -1.84. The van der Waals surface area contributed by atoms with Crippen molar-refractivity contribution in [3.05, 3.63) is 70.2 Å². The SMILES string of the molecule is CC(Cc1ccc(Cl)cc1)N(C)Cc1cccc(C(=O)O)c1. The van der Waals surface area contributed by atoms with Crippen LogP contribution in [0.25, 0.3) is 0 Å². The minimum Gasteiger partial charge on any atom is -0.478 e. The van der Waals surface area contributed by atoms with Gasteiger partial charge in [0.15, 0.2) is 0 Å². The molecule has 0 saturated heterocycles. The minimum atomic E-state index is -0.890. The Balaban J connectivity index is 1.98. The number of carbonyl (C=O) groups is 1. The Morgan fingerprint density at radius 2 is 1.86 bits per heavy atom. The number of halogens is 1. The molecule has 4 heteroatoms. The van der Waals surface area contributed by atoms with Gasteiger partial charge in [-0.15, -0.1) is 0 Å². The van der Waals surface area contributed by atoms with Gasteiger partial charge in [0.2, 0.25) is 0 Å². The number of carboxylic acids is 1. The third-order valence-electron chi connectivity index (χ3n) is 3.80. The summed E-state index contributed by atoms with van der Waals surface area (Å²) < 4.78 is 0. The summed E-state index contributed by atoms with van der Waals surface area (Å²) >= 11 is 5.90. The molecule has 1 atom stereocenters. The van der Waals surface area contributed by atoms with Crippen molar-refractivity contribution in [1.29, 1.82) is 0 Å². The molecule has 0 radical (unpaired) electrons. The van der Waals surface area contributed by atoms with Crippen LogP contribution in [0.5, 0.6) is 0 Å². The van der Waals surface area contributed by atoms with Crippen LogP contribution in [0.15, 0.2) is 48.5 Å². The quantitative estimate of drug-likeness (QED) is 0.872. The van der Waals surface area contributed by atoms with E-state index in [1.165, 1.54) is 5.56 Å². The monoisotopic (exact) mass is 317 g/mol. The van der Waals surface area contributed by atoms with E-state index in [2.05, 4.69) is 11.8 Å². The van der Waals surface area contributed by atoms with Gasteiger partial charge in [0.25, 0.3) is 0 Å². The van der Waals surface area contributed by atoms with Crippen molar-refractivity contribution in [2.24, 2.45) is 0 Å². The van der Waals surface area contributed by atoms with Gasteiger partial charge in [-0.2, -0.15) is 0 Å². The lowest BCUT2D eigenvalue weighted by Crippen LogP contribution is -2.30. The van der Waals surface area contributed by atoms with E-state index in [0.717, 1.165) is 23.6 Å². The fraction of sp³-hybridized carbons (Fsp3) is 0.278. The lowest BCUT2D eigenvalue weighted by atomic mass is 10.1. The van der Waals surface area contributed by atoms with Gasteiger partial charge in [-0.25, -0.2) is 4.79 Å². The Kier molecular flexibility index (Phi) is 5.58. The number of rotatable bonds is 6. The molecule has 0 aliphatic rings. The van der Waals surface area contributed by atoms with Crippen molar-refractivity contribution in [3.63, 3.8) is 0 Å². The van der Waals surface area contributed by atoms with E-state index < -0.39 is 5.97 Å². The van der Waals surface area contributed by atoms with Crippen molar-refractivity contribution >= 4 is 17.6 Å². The van der Waals surface area contributed by atoms with E-state index in [4.69, 9.17) is 16.7 Å². The van der Waals surface area contributed by atoms with Crippen LogP contribution in [0.2, 0.25) is 5.02 Å². The minimum absolute atomic E-state index is 0.330. The fourth-order valence-electron chi connectivity index (χ4n) is 2.36. The average Bonchev–Trinajstić information content (AvgIpc) is 2.49. The molecular weight excluding hydrogens is 298 g/mol. The molecule has 0 aliphatic carbocycles. The summed E-state index contributed by atoms with van der Waals surface area (Å²) in [6.45, 7) is 2.88. The predicted molar refractivity (Wildman–Crippen MR) is 89.5 cm³/mol. The normalized spacial score (nSPS) is 12.4. The molecular formula is C18H20ClNO2. The summed E-state index contributed by atoms with van der Waals surface area (Å²) in [6, 6.07) is 15.3. The van der Waals surface area contributed by atoms with Crippen LogP contribution in [0.4, 0.5) is 0 Å².